The number of benzene rings is 1. The van der Waals surface area contributed by atoms with Gasteiger partial charge in [-0.2, -0.15) is 13.2 Å². The highest BCUT2D eigenvalue weighted by Crippen LogP contribution is 2.38. The van der Waals surface area contributed by atoms with Gasteiger partial charge in [0.05, 0.1) is 5.56 Å². The molecule has 1 fully saturated rings. The maximum Gasteiger partial charge on any atom is 0.419 e. The van der Waals surface area contributed by atoms with Crippen LogP contribution in [-0.2, 0) is 6.18 Å². The quantitative estimate of drug-likeness (QED) is 0.691. The van der Waals surface area contributed by atoms with Crippen LogP contribution in [-0.4, -0.2) is 24.0 Å². The van der Waals surface area contributed by atoms with Crippen molar-refractivity contribution in [1.29, 1.82) is 0 Å². The van der Waals surface area contributed by atoms with Gasteiger partial charge in [0, 0.05) is 12.1 Å². The van der Waals surface area contributed by atoms with Crippen LogP contribution in [0, 0.1) is 5.82 Å². The topological polar surface area (TPSA) is 3.24 Å². The van der Waals surface area contributed by atoms with E-state index >= 15 is 0 Å². The number of hydrogen-bond acceptors (Lipinski definition) is 1. The Morgan fingerprint density at radius 2 is 1.95 bits per heavy atom. The van der Waals surface area contributed by atoms with Crippen LogP contribution in [0.2, 0.25) is 0 Å². The van der Waals surface area contributed by atoms with Crippen molar-refractivity contribution in [2.45, 2.75) is 43.9 Å². The van der Waals surface area contributed by atoms with Gasteiger partial charge in [0.15, 0.2) is 0 Å². The first-order chi connectivity index (χ1) is 9.86. The Morgan fingerprint density at radius 1 is 1.19 bits per heavy atom. The Hall–Kier alpha value is -1.36. The van der Waals surface area contributed by atoms with Crippen LogP contribution < -0.4 is 0 Å². The summed E-state index contributed by atoms with van der Waals surface area (Å²) in [6.45, 7) is 0. The molecule has 1 nitrogen and oxygen atoms in total. The molecule has 0 aromatic heterocycles. The van der Waals surface area contributed by atoms with E-state index < -0.39 is 17.6 Å². The first-order valence-corrected chi connectivity index (χ1v) is 7.16. The molecule has 2 heterocycles. The molecule has 1 aromatic rings. The summed E-state index contributed by atoms with van der Waals surface area (Å²) in [5, 5.41) is 0. The molecule has 2 bridgehead atoms. The van der Waals surface area contributed by atoms with Crippen LogP contribution in [0.5, 0.6) is 0 Å². The highest BCUT2D eigenvalue weighted by Gasteiger charge is 2.35. The highest BCUT2D eigenvalue weighted by atomic mass is 19.4. The van der Waals surface area contributed by atoms with Crippen molar-refractivity contribution in [3.63, 3.8) is 0 Å². The zero-order valence-corrected chi connectivity index (χ0v) is 11.8. The number of halogens is 4. The molecule has 1 saturated heterocycles. The zero-order chi connectivity index (χ0) is 15.2. The van der Waals surface area contributed by atoms with E-state index in [2.05, 4.69) is 18.0 Å². The second kappa shape index (κ2) is 5.13. The second-order valence-corrected chi connectivity index (χ2v) is 5.91. The molecule has 0 saturated carbocycles. The molecule has 114 valence electrons. The Kier molecular flexibility index (Phi) is 3.56. The lowest BCUT2D eigenvalue weighted by atomic mass is 9.83. The number of fused-ring (bicyclic) bond motifs is 2. The van der Waals surface area contributed by atoms with Crippen molar-refractivity contribution in [2.75, 3.05) is 7.05 Å². The average molecular weight is 299 g/mol. The van der Waals surface area contributed by atoms with Crippen molar-refractivity contribution in [3.05, 3.63) is 41.2 Å². The fourth-order valence-corrected chi connectivity index (χ4v) is 3.40. The molecule has 0 radical (unpaired) electrons. The number of rotatable bonds is 1. The molecule has 2 unspecified atom stereocenters. The van der Waals surface area contributed by atoms with Gasteiger partial charge in [-0.1, -0.05) is 18.6 Å². The molecule has 0 amide bonds. The maximum atomic E-state index is 13.7. The molecule has 3 rings (SSSR count). The summed E-state index contributed by atoms with van der Waals surface area (Å²) in [5.74, 6) is -1.19. The summed E-state index contributed by atoms with van der Waals surface area (Å²) in [6.07, 6.45) is 1.54. The lowest BCUT2D eigenvalue weighted by molar-refractivity contribution is -0.140. The van der Waals surface area contributed by atoms with Crippen LogP contribution in [0.3, 0.4) is 0 Å². The van der Waals surface area contributed by atoms with Crippen LogP contribution in [0.25, 0.3) is 5.57 Å². The summed E-state index contributed by atoms with van der Waals surface area (Å²) in [5.41, 5.74) is 0.348. The lowest BCUT2D eigenvalue weighted by Gasteiger charge is -2.42. The zero-order valence-electron chi connectivity index (χ0n) is 11.8. The summed E-state index contributed by atoms with van der Waals surface area (Å²) in [6, 6.07) is 3.99. The van der Waals surface area contributed by atoms with E-state index in [0.29, 0.717) is 17.6 Å². The van der Waals surface area contributed by atoms with Crippen molar-refractivity contribution in [1.82, 2.24) is 4.90 Å². The Labute approximate surface area is 121 Å². The molecule has 2 atom stereocenters. The fourth-order valence-electron chi connectivity index (χ4n) is 3.40. The maximum absolute atomic E-state index is 13.7. The second-order valence-electron chi connectivity index (χ2n) is 5.91. The molecule has 2 aliphatic rings. The normalized spacial score (nSPS) is 26.6. The first-order valence-electron chi connectivity index (χ1n) is 7.16. The van der Waals surface area contributed by atoms with E-state index in [0.717, 1.165) is 37.0 Å². The standard InChI is InChI=1S/C16H17F4N/c1-21-12-3-2-4-13(21)8-11(7-12)10-5-6-14(15(17)9-10)16(18,19)20/h5-7,9,12-13H,2-4,8H2,1H3. The molecule has 0 spiro atoms. The third kappa shape index (κ3) is 2.71. The van der Waals surface area contributed by atoms with Crippen LogP contribution in [0.4, 0.5) is 17.6 Å². The molecular formula is C16H17F4N. The number of alkyl halides is 3. The van der Waals surface area contributed by atoms with Gasteiger partial charge in [-0.25, -0.2) is 4.39 Å². The molecule has 2 aliphatic heterocycles. The molecule has 1 aromatic carbocycles. The SMILES string of the molecule is CN1C2C=C(c3ccc(C(F)(F)F)c(F)c3)CC1CCC2. The van der Waals surface area contributed by atoms with E-state index in [9.17, 15) is 17.6 Å². The lowest BCUT2D eigenvalue weighted by Crippen LogP contribution is -2.45. The van der Waals surface area contributed by atoms with Gasteiger partial charge in [0.25, 0.3) is 0 Å². The van der Waals surface area contributed by atoms with Gasteiger partial charge in [0.2, 0.25) is 0 Å². The minimum absolute atomic E-state index is 0.317. The Morgan fingerprint density at radius 3 is 2.57 bits per heavy atom. The van der Waals surface area contributed by atoms with E-state index in [1.165, 1.54) is 12.5 Å². The van der Waals surface area contributed by atoms with Crippen LogP contribution >= 0.6 is 0 Å². The molecule has 5 heteroatoms. The number of hydrogen-bond donors (Lipinski definition) is 0. The van der Waals surface area contributed by atoms with Crippen molar-refractivity contribution in [2.24, 2.45) is 0 Å². The number of nitrogens with zero attached hydrogens (tertiary/aromatic N) is 1. The van der Waals surface area contributed by atoms with E-state index in [4.69, 9.17) is 0 Å². The smallest absolute Gasteiger partial charge is 0.297 e. The van der Waals surface area contributed by atoms with E-state index in [1.54, 1.807) is 0 Å². The van der Waals surface area contributed by atoms with Gasteiger partial charge in [-0.3, -0.25) is 4.90 Å². The van der Waals surface area contributed by atoms with Crippen molar-refractivity contribution in [3.8, 4) is 0 Å². The van der Waals surface area contributed by atoms with Gasteiger partial charge < -0.3 is 0 Å². The molecule has 0 aliphatic carbocycles. The predicted octanol–water partition coefficient (Wildman–Crippen LogP) is 4.48. The molecular weight excluding hydrogens is 282 g/mol. The minimum atomic E-state index is -4.64. The van der Waals surface area contributed by atoms with E-state index in [-0.39, 0.29) is 0 Å². The predicted molar refractivity (Wildman–Crippen MR) is 73.2 cm³/mol. The van der Waals surface area contributed by atoms with Gasteiger partial charge in [-0.05, 0) is 49.6 Å². The summed E-state index contributed by atoms with van der Waals surface area (Å²) < 4.78 is 51.5. The molecule has 0 N–H and O–H groups in total. The third-order valence-electron chi connectivity index (χ3n) is 4.63. The Bertz CT molecular complexity index is 576. The summed E-state index contributed by atoms with van der Waals surface area (Å²) >= 11 is 0. The highest BCUT2D eigenvalue weighted by molar-refractivity contribution is 5.68. The van der Waals surface area contributed by atoms with Gasteiger partial charge in [0.1, 0.15) is 5.82 Å². The molecule has 21 heavy (non-hydrogen) atoms. The fraction of sp³-hybridized carbons (Fsp3) is 0.500. The van der Waals surface area contributed by atoms with Crippen LogP contribution in [0.15, 0.2) is 24.3 Å². The monoisotopic (exact) mass is 299 g/mol. The van der Waals surface area contributed by atoms with E-state index in [1.807, 2.05) is 0 Å². The van der Waals surface area contributed by atoms with Crippen LogP contribution in [0.1, 0.15) is 36.8 Å². The Balaban J connectivity index is 1.93. The summed E-state index contributed by atoms with van der Waals surface area (Å²) in [4.78, 5) is 2.31. The largest absolute Gasteiger partial charge is 0.419 e. The van der Waals surface area contributed by atoms with Crippen molar-refractivity contribution >= 4 is 5.57 Å². The average Bonchev–Trinajstić information content (AvgIpc) is 2.36. The minimum Gasteiger partial charge on any atom is -0.297 e. The number of likely N-dealkylation sites (N-methyl/N-ethyl adjacent to an activating group) is 1. The third-order valence-corrected chi connectivity index (χ3v) is 4.63. The van der Waals surface area contributed by atoms with Gasteiger partial charge >= 0.3 is 6.18 Å². The first kappa shape index (κ1) is 14.6. The number of piperidine rings is 1. The van der Waals surface area contributed by atoms with Gasteiger partial charge in [-0.15, -0.1) is 0 Å². The van der Waals surface area contributed by atoms with Crippen molar-refractivity contribution < 1.29 is 17.6 Å². The summed E-state index contributed by atoms with van der Waals surface area (Å²) in [7, 11) is 2.08.